The summed E-state index contributed by atoms with van der Waals surface area (Å²) < 4.78 is 10.7. The zero-order valence-corrected chi connectivity index (χ0v) is 10.5. The maximum Gasteiger partial charge on any atom is 0.407 e. The number of nitrogens with one attached hydrogen (secondary N) is 1. The quantitative estimate of drug-likeness (QED) is 0.770. The average Bonchev–Trinajstić information content (AvgIpc) is 2.33. The molecule has 1 aliphatic carbocycles. The Kier molecular flexibility index (Phi) is 3.89. The van der Waals surface area contributed by atoms with Crippen LogP contribution in [0.3, 0.4) is 0 Å². The molecule has 0 aromatic rings. The van der Waals surface area contributed by atoms with Crippen molar-refractivity contribution in [2.45, 2.75) is 44.9 Å². The number of nitrogens with two attached hydrogens (primary N) is 1. The summed E-state index contributed by atoms with van der Waals surface area (Å²) in [6.45, 7) is 5.21. The molecular weight excluding hydrogens is 220 g/mol. The molecule has 4 atom stereocenters. The summed E-state index contributed by atoms with van der Waals surface area (Å²) >= 11 is 0. The molecular formula is C12H22N2O3. The lowest BCUT2D eigenvalue weighted by atomic mass is 9.69. The third-order valence-electron chi connectivity index (χ3n) is 3.51. The molecule has 0 aromatic carbocycles. The molecule has 98 valence electrons. The van der Waals surface area contributed by atoms with Crippen molar-refractivity contribution in [2.75, 3.05) is 13.2 Å². The second-order valence-corrected chi connectivity index (χ2v) is 5.38. The van der Waals surface area contributed by atoms with Gasteiger partial charge in [0.1, 0.15) is 0 Å². The van der Waals surface area contributed by atoms with E-state index in [4.69, 9.17) is 15.2 Å². The topological polar surface area (TPSA) is 73.6 Å². The molecule has 5 nitrogen and oxygen atoms in total. The van der Waals surface area contributed by atoms with Crippen molar-refractivity contribution in [1.82, 2.24) is 5.32 Å². The maximum absolute atomic E-state index is 11.5. The SMILES string of the molecule is CC(C)COC(=O)NC1C(N)C2CCCOC21. The summed E-state index contributed by atoms with van der Waals surface area (Å²) in [6, 6.07) is -0.0770. The Morgan fingerprint density at radius 1 is 1.59 bits per heavy atom. The highest BCUT2D eigenvalue weighted by atomic mass is 16.5. The van der Waals surface area contributed by atoms with Gasteiger partial charge in [-0.25, -0.2) is 4.79 Å². The Morgan fingerprint density at radius 3 is 3.06 bits per heavy atom. The lowest BCUT2D eigenvalue weighted by Gasteiger charge is -2.52. The standard InChI is InChI=1S/C12H22N2O3/c1-7(2)6-17-12(15)14-10-9(13)8-4-3-5-16-11(8)10/h7-11H,3-6,13H2,1-2H3,(H,14,15). The summed E-state index contributed by atoms with van der Waals surface area (Å²) in [7, 11) is 0. The first kappa shape index (κ1) is 12.6. The van der Waals surface area contributed by atoms with Gasteiger partial charge >= 0.3 is 6.09 Å². The van der Waals surface area contributed by atoms with E-state index in [1.807, 2.05) is 13.8 Å². The van der Waals surface area contributed by atoms with E-state index in [-0.39, 0.29) is 24.3 Å². The largest absolute Gasteiger partial charge is 0.449 e. The number of hydrogen-bond donors (Lipinski definition) is 2. The number of fused-ring (bicyclic) bond motifs is 1. The van der Waals surface area contributed by atoms with Gasteiger partial charge in [-0.2, -0.15) is 0 Å². The molecule has 1 saturated heterocycles. The van der Waals surface area contributed by atoms with E-state index in [9.17, 15) is 4.79 Å². The van der Waals surface area contributed by atoms with E-state index in [0.29, 0.717) is 18.4 Å². The molecule has 1 heterocycles. The maximum atomic E-state index is 11.5. The Bertz CT molecular complexity index is 283. The number of carbonyl (C=O) groups excluding carboxylic acids is 1. The molecule has 2 aliphatic rings. The minimum atomic E-state index is -0.383. The Balaban J connectivity index is 1.77. The Hall–Kier alpha value is -0.810. The van der Waals surface area contributed by atoms with Crippen molar-refractivity contribution in [3.05, 3.63) is 0 Å². The summed E-state index contributed by atoms with van der Waals surface area (Å²) in [6.07, 6.45) is 1.88. The lowest BCUT2D eigenvalue weighted by molar-refractivity contribution is -0.118. The fourth-order valence-electron chi connectivity index (χ4n) is 2.55. The average molecular weight is 242 g/mol. The highest BCUT2D eigenvalue weighted by Gasteiger charge is 2.51. The number of hydrogen-bond acceptors (Lipinski definition) is 4. The summed E-state index contributed by atoms with van der Waals surface area (Å²) in [5.41, 5.74) is 6.03. The number of rotatable bonds is 3. The molecule has 0 radical (unpaired) electrons. The third-order valence-corrected chi connectivity index (χ3v) is 3.51. The highest BCUT2D eigenvalue weighted by molar-refractivity contribution is 5.68. The van der Waals surface area contributed by atoms with Crippen LogP contribution in [-0.2, 0) is 9.47 Å². The van der Waals surface area contributed by atoms with Crippen molar-refractivity contribution in [1.29, 1.82) is 0 Å². The van der Waals surface area contributed by atoms with Crippen molar-refractivity contribution < 1.29 is 14.3 Å². The molecule has 2 fully saturated rings. The molecule has 0 spiro atoms. The van der Waals surface area contributed by atoms with Crippen LogP contribution in [0.2, 0.25) is 0 Å². The monoisotopic (exact) mass is 242 g/mol. The van der Waals surface area contributed by atoms with Crippen LogP contribution in [0.15, 0.2) is 0 Å². The van der Waals surface area contributed by atoms with E-state index in [1.165, 1.54) is 0 Å². The third kappa shape index (κ3) is 2.72. The van der Waals surface area contributed by atoms with Gasteiger partial charge in [0.25, 0.3) is 0 Å². The summed E-state index contributed by atoms with van der Waals surface area (Å²) in [4.78, 5) is 11.5. The van der Waals surface area contributed by atoms with Crippen LogP contribution < -0.4 is 11.1 Å². The van der Waals surface area contributed by atoms with Gasteiger partial charge in [0, 0.05) is 18.6 Å². The second kappa shape index (κ2) is 5.23. The van der Waals surface area contributed by atoms with E-state index >= 15 is 0 Å². The molecule has 17 heavy (non-hydrogen) atoms. The van der Waals surface area contributed by atoms with Gasteiger partial charge < -0.3 is 20.5 Å². The first-order valence-electron chi connectivity index (χ1n) is 6.40. The van der Waals surface area contributed by atoms with Crippen molar-refractivity contribution >= 4 is 6.09 Å². The van der Waals surface area contributed by atoms with Crippen LogP contribution in [0.25, 0.3) is 0 Å². The lowest BCUT2D eigenvalue weighted by Crippen LogP contribution is -2.72. The van der Waals surface area contributed by atoms with E-state index in [0.717, 1.165) is 19.4 Å². The van der Waals surface area contributed by atoms with Crippen molar-refractivity contribution in [3.63, 3.8) is 0 Å². The van der Waals surface area contributed by atoms with Crippen molar-refractivity contribution in [2.24, 2.45) is 17.6 Å². The van der Waals surface area contributed by atoms with Gasteiger partial charge in [0.15, 0.2) is 0 Å². The molecule has 1 amide bonds. The van der Waals surface area contributed by atoms with Crippen LogP contribution in [0.5, 0.6) is 0 Å². The molecule has 4 unspecified atom stereocenters. The van der Waals surface area contributed by atoms with Crippen LogP contribution >= 0.6 is 0 Å². The van der Waals surface area contributed by atoms with E-state index in [2.05, 4.69) is 5.32 Å². The van der Waals surface area contributed by atoms with E-state index < -0.39 is 0 Å². The zero-order chi connectivity index (χ0) is 12.4. The number of ether oxygens (including phenoxy) is 2. The molecule has 1 saturated carbocycles. The van der Waals surface area contributed by atoms with Crippen molar-refractivity contribution in [3.8, 4) is 0 Å². The van der Waals surface area contributed by atoms with Crippen LogP contribution in [0.4, 0.5) is 4.79 Å². The predicted molar refractivity (Wildman–Crippen MR) is 63.5 cm³/mol. The Labute approximate surface area is 102 Å². The fourth-order valence-corrected chi connectivity index (χ4v) is 2.55. The van der Waals surface area contributed by atoms with Crippen LogP contribution in [0.1, 0.15) is 26.7 Å². The normalized spacial score (nSPS) is 36.0. The molecule has 0 aromatic heterocycles. The predicted octanol–water partition coefficient (Wildman–Crippen LogP) is 0.873. The van der Waals surface area contributed by atoms with Gasteiger partial charge in [0.05, 0.1) is 18.8 Å². The first-order chi connectivity index (χ1) is 8.09. The van der Waals surface area contributed by atoms with Gasteiger partial charge in [-0.05, 0) is 18.8 Å². The summed E-state index contributed by atoms with van der Waals surface area (Å²) in [5, 5.41) is 2.81. The number of amides is 1. The highest BCUT2D eigenvalue weighted by Crippen LogP contribution is 2.36. The fraction of sp³-hybridized carbons (Fsp3) is 0.917. The molecule has 0 bridgehead atoms. The smallest absolute Gasteiger partial charge is 0.407 e. The van der Waals surface area contributed by atoms with Gasteiger partial charge in [-0.1, -0.05) is 13.8 Å². The minimum absolute atomic E-state index is 0.00639. The van der Waals surface area contributed by atoms with Gasteiger partial charge in [-0.3, -0.25) is 0 Å². The second-order valence-electron chi connectivity index (χ2n) is 5.38. The molecule has 1 aliphatic heterocycles. The molecule has 3 N–H and O–H groups in total. The van der Waals surface area contributed by atoms with Gasteiger partial charge in [-0.15, -0.1) is 0 Å². The van der Waals surface area contributed by atoms with Gasteiger partial charge in [0.2, 0.25) is 0 Å². The number of carbonyl (C=O) groups is 1. The van der Waals surface area contributed by atoms with Crippen LogP contribution in [-0.4, -0.2) is 37.5 Å². The number of alkyl carbamates (subject to hydrolysis) is 1. The minimum Gasteiger partial charge on any atom is -0.449 e. The first-order valence-corrected chi connectivity index (χ1v) is 6.40. The van der Waals surface area contributed by atoms with E-state index in [1.54, 1.807) is 0 Å². The Morgan fingerprint density at radius 2 is 2.35 bits per heavy atom. The molecule has 2 rings (SSSR count). The summed E-state index contributed by atoms with van der Waals surface area (Å²) in [5.74, 6) is 0.744. The zero-order valence-electron chi connectivity index (χ0n) is 10.5. The molecule has 5 heteroatoms. The van der Waals surface area contributed by atoms with Crippen LogP contribution in [0, 0.1) is 11.8 Å².